The van der Waals surface area contributed by atoms with Gasteiger partial charge in [0, 0.05) is 23.0 Å². The molecule has 0 amide bonds. The van der Waals surface area contributed by atoms with Crippen LogP contribution in [0.4, 0.5) is 5.69 Å². The molecular weight excluding hydrogens is 426 g/mol. The molecule has 4 rings (SSSR count). The van der Waals surface area contributed by atoms with Crippen LogP contribution in [0.3, 0.4) is 0 Å². The fourth-order valence-electron chi connectivity index (χ4n) is 3.64. The van der Waals surface area contributed by atoms with E-state index in [1.807, 2.05) is 50.2 Å². The van der Waals surface area contributed by atoms with Crippen LogP contribution in [-0.4, -0.2) is 29.3 Å². The van der Waals surface area contributed by atoms with Gasteiger partial charge in [0.15, 0.2) is 5.65 Å². The van der Waals surface area contributed by atoms with Gasteiger partial charge in [0.1, 0.15) is 11.6 Å². The number of fused-ring (bicyclic) bond motifs is 1. The molecule has 0 saturated carbocycles. The number of anilines is 1. The fourth-order valence-corrected chi connectivity index (χ4v) is 4.21. The van der Waals surface area contributed by atoms with Gasteiger partial charge in [0.05, 0.1) is 11.9 Å². The van der Waals surface area contributed by atoms with Crippen LogP contribution in [0.1, 0.15) is 30.9 Å². The number of hydrogen-bond donors (Lipinski definition) is 2. The van der Waals surface area contributed by atoms with E-state index in [1.54, 1.807) is 12.1 Å². The number of nitrogens with zero attached hydrogens (tertiary/aromatic N) is 3. The Kier molecular flexibility index (Phi) is 5.32. The van der Waals surface area contributed by atoms with Crippen molar-refractivity contribution in [3.63, 3.8) is 0 Å². The Labute approximate surface area is 185 Å². The molecule has 2 heterocycles. The van der Waals surface area contributed by atoms with Gasteiger partial charge in [0.25, 0.3) is 5.56 Å². The van der Waals surface area contributed by atoms with Crippen molar-refractivity contribution < 1.29 is 8.42 Å². The molecule has 0 radical (unpaired) electrons. The SMILES string of the molecule is CC(C)c1c(-c2cccc(-c3ccc(NS(C)(=O)=O)cc3)c2)nc2c(C#N)c[nH]n2c1=O. The molecule has 0 atom stereocenters. The normalized spacial score (nSPS) is 11.6. The predicted molar refractivity (Wildman–Crippen MR) is 124 cm³/mol. The summed E-state index contributed by atoms with van der Waals surface area (Å²) in [6.07, 6.45) is 2.57. The highest BCUT2D eigenvalue weighted by atomic mass is 32.2. The van der Waals surface area contributed by atoms with E-state index in [1.165, 1.54) is 10.7 Å². The van der Waals surface area contributed by atoms with Gasteiger partial charge in [-0.1, -0.05) is 44.2 Å². The number of rotatable bonds is 5. The second-order valence-electron chi connectivity index (χ2n) is 7.82. The summed E-state index contributed by atoms with van der Waals surface area (Å²) < 4.78 is 26.6. The summed E-state index contributed by atoms with van der Waals surface area (Å²) in [5.74, 6) is -0.0826. The summed E-state index contributed by atoms with van der Waals surface area (Å²) in [4.78, 5) is 17.8. The molecule has 0 aliphatic heterocycles. The van der Waals surface area contributed by atoms with Crippen LogP contribution in [0.25, 0.3) is 28.0 Å². The number of H-pyrrole nitrogens is 1. The van der Waals surface area contributed by atoms with Crippen molar-refractivity contribution >= 4 is 21.4 Å². The Balaban J connectivity index is 1.84. The second kappa shape index (κ2) is 7.98. The molecule has 162 valence electrons. The molecule has 8 nitrogen and oxygen atoms in total. The summed E-state index contributed by atoms with van der Waals surface area (Å²) in [5, 5.41) is 12.2. The van der Waals surface area contributed by atoms with E-state index in [9.17, 15) is 18.5 Å². The Morgan fingerprint density at radius 3 is 2.41 bits per heavy atom. The summed E-state index contributed by atoms with van der Waals surface area (Å²) in [6, 6.07) is 16.7. The smallest absolute Gasteiger partial charge is 0.276 e. The van der Waals surface area contributed by atoms with Crippen LogP contribution < -0.4 is 10.3 Å². The number of hydrogen-bond acceptors (Lipinski definition) is 5. The molecule has 32 heavy (non-hydrogen) atoms. The first kappa shape index (κ1) is 21.3. The molecule has 0 fully saturated rings. The Morgan fingerprint density at radius 2 is 1.78 bits per heavy atom. The largest absolute Gasteiger partial charge is 0.295 e. The molecule has 2 aromatic carbocycles. The number of benzene rings is 2. The summed E-state index contributed by atoms with van der Waals surface area (Å²) in [7, 11) is -3.35. The van der Waals surface area contributed by atoms with Gasteiger partial charge in [-0.25, -0.2) is 17.9 Å². The van der Waals surface area contributed by atoms with Crippen molar-refractivity contribution in [3.8, 4) is 28.5 Å². The van der Waals surface area contributed by atoms with Gasteiger partial charge in [0.2, 0.25) is 10.0 Å². The van der Waals surface area contributed by atoms with E-state index in [-0.39, 0.29) is 11.5 Å². The molecule has 2 N–H and O–H groups in total. The maximum atomic E-state index is 13.1. The fraction of sp³-hybridized carbons (Fsp3) is 0.174. The van der Waals surface area contributed by atoms with Crippen molar-refractivity contribution in [3.05, 3.63) is 76.2 Å². The monoisotopic (exact) mass is 447 g/mol. The molecule has 0 saturated heterocycles. The van der Waals surface area contributed by atoms with Gasteiger partial charge < -0.3 is 0 Å². The first-order valence-corrected chi connectivity index (χ1v) is 11.8. The lowest BCUT2D eigenvalue weighted by Gasteiger charge is -2.13. The molecule has 0 aliphatic carbocycles. The van der Waals surface area contributed by atoms with Crippen molar-refractivity contribution in [2.24, 2.45) is 0 Å². The molecule has 0 bridgehead atoms. The van der Waals surface area contributed by atoms with Crippen LogP contribution in [-0.2, 0) is 10.0 Å². The van der Waals surface area contributed by atoms with Gasteiger partial charge >= 0.3 is 0 Å². The van der Waals surface area contributed by atoms with Crippen LogP contribution in [0.2, 0.25) is 0 Å². The Morgan fingerprint density at radius 1 is 1.09 bits per heavy atom. The van der Waals surface area contributed by atoms with Crippen LogP contribution >= 0.6 is 0 Å². The molecule has 4 aromatic rings. The van der Waals surface area contributed by atoms with Gasteiger partial charge in [-0.05, 0) is 35.2 Å². The average Bonchev–Trinajstić information content (AvgIpc) is 3.16. The van der Waals surface area contributed by atoms with E-state index in [0.717, 1.165) is 22.9 Å². The standard InChI is InChI=1S/C23H21N5O3S/c1-14(2)20-21(26-22-18(12-24)13-25-28(22)23(20)29)17-6-4-5-16(11-17)15-7-9-19(10-8-15)27-32(3,30)31/h4-11,13-14,25,27H,1-3H3. The maximum absolute atomic E-state index is 13.1. The lowest BCUT2D eigenvalue weighted by Crippen LogP contribution is -2.22. The number of nitriles is 1. The first-order chi connectivity index (χ1) is 15.2. The van der Waals surface area contributed by atoms with Gasteiger partial charge in [-0.2, -0.15) is 5.26 Å². The summed E-state index contributed by atoms with van der Waals surface area (Å²) in [6.45, 7) is 3.86. The van der Waals surface area contributed by atoms with E-state index < -0.39 is 10.0 Å². The third kappa shape index (κ3) is 4.00. The zero-order valence-corrected chi connectivity index (χ0v) is 18.6. The Hall–Kier alpha value is -3.90. The van der Waals surface area contributed by atoms with Gasteiger partial charge in [-0.15, -0.1) is 0 Å². The van der Waals surface area contributed by atoms with Crippen molar-refractivity contribution in [2.75, 3.05) is 11.0 Å². The van der Waals surface area contributed by atoms with E-state index in [2.05, 4.69) is 20.9 Å². The van der Waals surface area contributed by atoms with E-state index in [0.29, 0.717) is 28.2 Å². The van der Waals surface area contributed by atoms with Crippen molar-refractivity contribution in [1.82, 2.24) is 14.6 Å². The number of aromatic amines is 1. The summed E-state index contributed by atoms with van der Waals surface area (Å²) >= 11 is 0. The lowest BCUT2D eigenvalue weighted by molar-refractivity contribution is 0.607. The van der Waals surface area contributed by atoms with Crippen molar-refractivity contribution in [2.45, 2.75) is 19.8 Å². The third-order valence-corrected chi connectivity index (χ3v) is 5.66. The minimum Gasteiger partial charge on any atom is -0.295 e. The minimum absolute atomic E-state index is 0.0826. The zero-order chi connectivity index (χ0) is 23.0. The number of nitrogens with one attached hydrogen (secondary N) is 2. The maximum Gasteiger partial charge on any atom is 0.276 e. The first-order valence-electron chi connectivity index (χ1n) is 9.90. The quantitative estimate of drug-likeness (QED) is 0.483. The third-order valence-electron chi connectivity index (χ3n) is 5.05. The molecule has 0 aliphatic rings. The Bertz CT molecular complexity index is 1520. The number of sulfonamides is 1. The molecule has 0 unspecified atom stereocenters. The number of aromatic nitrogens is 3. The minimum atomic E-state index is -3.35. The average molecular weight is 448 g/mol. The predicted octanol–water partition coefficient (Wildman–Crippen LogP) is 3.72. The highest BCUT2D eigenvalue weighted by molar-refractivity contribution is 7.92. The highest BCUT2D eigenvalue weighted by Crippen LogP contribution is 2.30. The van der Waals surface area contributed by atoms with Crippen LogP contribution in [0, 0.1) is 11.3 Å². The van der Waals surface area contributed by atoms with E-state index in [4.69, 9.17) is 0 Å². The van der Waals surface area contributed by atoms with Crippen LogP contribution in [0.5, 0.6) is 0 Å². The second-order valence-corrected chi connectivity index (χ2v) is 9.57. The summed E-state index contributed by atoms with van der Waals surface area (Å²) in [5.41, 5.74) is 4.46. The molecule has 2 aromatic heterocycles. The highest BCUT2D eigenvalue weighted by Gasteiger charge is 2.20. The topological polar surface area (TPSA) is 120 Å². The zero-order valence-electron chi connectivity index (χ0n) is 17.7. The van der Waals surface area contributed by atoms with Crippen molar-refractivity contribution in [1.29, 1.82) is 5.26 Å². The molecule has 9 heteroatoms. The van der Waals surface area contributed by atoms with E-state index >= 15 is 0 Å². The lowest BCUT2D eigenvalue weighted by atomic mass is 9.95. The molecule has 0 spiro atoms. The van der Waals surface area contributed by atoms with Gasteiger partial charge in [-0.3, -0.25) is 14.6 Å². The van der Waals surface area contributed by atoms with Crippen LogP contribution in [0.15, 0.2) is 59.5 Å². The molecular formula is C23H21N5O3S.